The van der Waals surface area contributed by atoms with Gasteiger partial charge in [0.2, 0.25) is 0 Å². The molecular weight excluding hydrogens is 275 g/mol. The number of aromatic nitrogens is 1. The zero-order valence-electron chi connectivity index (χ0n) is 11.7. The molecule has 0 spiro atoms. The first kappa shape index (κ1) is 13.7. The van der Waals surface area contributed by atoms with Crippen molar-refractivity contribution >= 4 is 10.9 Å². The average Bonchev–Trinajstić information content (AvgIpc) is 2.78. The highest BCUT2D eigenvalue weighted by molar-refractivity contribution is 5.84. The number of rotatable bonds is 1. The molecule has 0 saturated carbocycles. The van der Waals surface area contributed by atoms with Gasteiger partial charge in [-0.05, 0) is 37.1 Å². The summed E-state index contributed by atoms with van der Waals surface area (Å²) in [5, 5.41) is 0.590. The zero-order chi connectivity index (χ0) is 15.2. The summed E-state index contributed by atoms with van der Waals surface area (Å²) in [4.78, 5) is 0. The summed E-state index contributed by atoms with van der Waals surface area (Å²) in [6.45, 7) is 3.66. The van der Waals surface area contributed by atoms with Gasteiger partial charge >= 0.3 is 6.18 Å². The number of nitrogens with zero attached hydrogens (tertiary/aromatic N) is 1. The molecule has 3 aromatic rings. The van der Waals surface area contributed by atoms with E-state index < -0.39 is 11.9 Å². The van der Waals surface area contributed by atoms with Crippen LogP contribution >= 0.6 is 0 Å². The third-order valence-corrected chi connectivity index (χ3v) is 3.66. The van der Waals surface area contributed by atoms with Crippen LogP contribution in [0.25, 0.3) is 16.6 Å². The maximum Gasteiger partial charge on any atom is 0.431 e. The number of benzene rings is 2. The fourth-order valence-electron chi connectivity index (χ4n) is 2.76. The van der Waals surface area contributed by atoms with Gasteiger partial charge in [0.05, 0.1) is 11.2 Å². The van der Waals surface area contributed by atoms with Gasteiger partial charge < -0.3 is 4.57 Å². The quantitative estimate of drug-likeness (QED) is 0.575. The Hall–Kier alpha value is -2.23. The minimum atomic E-state index is -4.40. The Kier molecular flexibility index (Phi) is 3.04. The molecule has 21 heavy (non-hydrogen) atoms. The van der Waals surface area contributed by atoms with E-state index in [0.717, 1.165) is 11.1 Å². The van der Waals surface area contributed by atoms with Gasteiger partial charge in [0.15, 0.2) is 0 Å². The topological polar surface area (TPSA) is 4.93 Å². The van der Waals surface area contributed by atoms with Crippen molar-refractivity contribution in [2.45, 2.75) is 20.0 Å². The van der Waals surface area contributed by atoms with E-state index in [1.165, 1.54) is 10.6 Å². The van der Waals surface area contributed by atoms with Gasteiger partial charge in [-0.1, -0.05) is 36.4 Å². The molecule has 0 aliphatic carbocycles. The van der Waals surface area contributed by atoms with Crippen LogP contribution in [-0.2, 0) is 6.18 Å². The molecule has 1 heterocycles. The molecular formula is C17H14F3N. The smallest absolute Gasteiger partial charge is 0.305 e. The van der Waals surface area contributed by atoms with E-state index in [0.29, 0.717) is 16.6 Å². The van der Waals surface area contributed by atoms with Crippen LogP contribution in [0.3, 0.4) is 0 Å². The lowest BCUT2D eigenvalue weighted by molar-refractivity contribution is -0.142. The van der Waals surface area contributed by atoms with Crippen molar-refractivity contribution in [3.05, 3.63) is 65.4 Å². The highest BCUT2D eigenvalue weighted by Gasteiger charge is 2.36. The number of hydrogen-bond donors (Lipinski definition) is 0. The molecule has 0 fully saturated rings. The van der Waals surface area contributed by atoms with Crippen molar-refractivity contribution in [2.75, 3.05) is 0 Å². The van der Waals surface area contributed by atoms with E-state index in [1.807, 2.05) is 32.0 Å². The Balaban J connectivity index is 2.46. The normalized spacial score (nSPS) is 12.0. The summed E-state index contributed by atoms with van der Waals surface area (Å²) in [7, 11) is 0. The fraction of sp³-hybridized carbons (Fsp3) is 0.176. The minimum absolute atomic E-state index is 0.572. The molecule has 0 aliphatic rings. The Labute approximate surface area is 120 Å². The maximum absolute atomic E-state index is 13.4. The van der Waals surface area contributed by atoms with Crippen LogP contribution in [0.15, 0.2) is 48.5 Å². The van der Waals surface area contributed by atoms with Gasteiger partial charge in [-0.15, -0.1) is 0 Å². The summed E-state index contributed by atoms with van der Waals surface area (Å²) in [6, 6.07) is 13.7. The van der Waals surface area contributed by atoms with Gasteiger partial charge in [-0.25, -0.2) is 0 Å². The van der Waals surface area contributed by atoms with Crippen molar-refractivity contribution in [2.24, 2.45) is 0 Å². The predicted molar refractivity (Wildman–Crippen MR) is 77.8 cm³/mol. The van der Waals surface area contributed by atoms with Gasteiger partial charge in [0.25, 0.3) is 0 Å². The molecule has 3 rings (SSSR count). The van der Waals surface area contributed by atoms with Crippen LogP contribution in [0.5, 0.6) is 0 Å². The third kappa shape index (κ3) is 2.20. The first-order chi connectivity index (χ1) is 9.89. The van der Waals surface area contributed by atoms with Crippen LogP contribution in [0.1, 0.15) is 16.8 Å². The second-order valence-electron chi connectivity index (χ2n) is 5.16. The van der Waals surface area contributed by atoms with Crippen molar-refractivity contribution < 1.29 is 13.2 Å². The van der Waals surface area contributed by atoms with Crippen molar-refractivity contribution in [1.29, 1.82) is 0 Å². The maximum atomic E-state index is 13.4. The van der Waals surface area contributed by atoms with Crippen LogP contribution in [0, 0.1) is 13.8 Å². The standard InChI is InChI=1S/C17H14F3N/c1-11-6-5-7-12(2)16(11)21-14-9-4-3-8-13(14)10-15(21)17(18,19)20/h3-10H,1-2H3. The zero-order valence-corrected chi connectivity index (χ0v) is 11.7. The number of para-hydroxylation sites is 2. The van der Waals surface area contributed by atoms with E-state index in [1.54, 1.807) is 24.3 Å². The first-order valence-electron chi connectivity index (χ1n) is 6.64. The summed E-state index contributed by atoms with van der Waals surface area (Å²) in [5.74, 6) is 0. The average molecular weight is 289 g/mol. The molecule has 0 aliphatic heterocycles. The molecule has 0 unspecified atom stereocenters. The first-order valence-corrected chi connectivity index (χ1v) is 6.64. The van der Waals surface area contributed by atoms with Gasteiger partial charge in [0, 0.05) is 5.39 Å². The van der Waals surface area contributed by atoms with Crippen molar-refractivity contribution in [3.63, 3.8) is 0 Å². The molecule has 0 radical (unpaired) electrons. The summed E-state index contributed by atoms with van der Waals surface area (Å²) in [6.07, 6.45) is -4.40. The number of alkyl halides is 3. The van der Waals surface area contributed by atoms with E-state index in [-0.39, 0.29) is 0 Å². The number of fused-ring (bicyclic) bond motifs is 1. The fourth-order valence-corrected chi connectivity index (χ4v) is 2.76. The summed E-state index contributed by atoms with van der Waals surface area (Å²) in [5.41, 5.74) is 2.18. The monoisotopic (exact) mass is 289 g/mol. The van der Waals surface area contributed by atoms with E-state index in [4.69, 9.17) is 0 Å². The Bertz CT molecular complexity index is 792. The lowest BCUT2D eigenvalue weighted by Gasteiger charge is -2.17. The van der Waals surface area contributed by atoms with E-state index in [2.05, 4.69) is 0 Å². The van der Waals surface area contributed by atoms with Crippen molar-refractivity contribution in [3.8, 4) is 5.69 Å². The third-order valence-electron chi connectivity index (χ3n) is 3.66. The Morgan fingerprint density at radius 1 is 0.857 bits per heavy atom. The Morgan fingerprint density at radius 2 is 1.48 bits per heavy atom. The van der Waals surface area contributed by atoms with Gasteiger partial charge in [0.1, 0.15) is 5.69 Å². The molecule has 0 saturated heterocycles. The molecule has 0 bridgehead atoms. The second-order valence-corrected chi connectivity index (χ2v) is 5.16. The number of aryl methyl sites for hydroxylation is 2. The molecule has 4 heteroatoms. The SMILES string of the molecule is Cc1cccc(C)c1-n1c(C(F)(F)F)cc2ccccc21. The number of hydrogen-bond acceptors (Lipinski definition) is 0. The van der Waals surface area contributed by atoms with Crippen LogP contribution < -0.4 is 0 Å². The summed E-state index contributed by atoms with van der Waals surface area (Å²) >= 11 is 0. The summed E-state index contributed by atoms with van der Waals surface area (Å²) < 4.78 is 41.6. The lowest BCUT2D eigenvalue weighted by Crippen LogP contribution is -2.13. The second kappa shape index (κ2) is 4.65. The highest BCUT2D eigenvalue weighted by Crippen LogP contribution is 2.37. The molecule has 108 valence electrons. The van der Waals surface area contributed by atoms with Crippen molar-refractivity contribution in [1.82, 2.24) is 4.57 Å². The largest absolute Gasteiger partial charge is 0.431 e. The van der Waals surface area contributed by atoms with E-state index in [9.17, 15) is 13.2 Å². The highest BCUT2D eigenvalue weighted by atomic mass is 19.4. The minimum Gasteiger partial charge on any atom is -0.305 e. The van der Waals surface area contributed by atoms with Gasteiger partial charge in [-0.2, -0.15) is 13.2 Å². The molecule has 1 aromatic heterocycles. The van der Waals surface area contributed by atoms with Crippen LogP contribution in [-0.4, -0.2) is 4.57 Å². The molecule has 0 N–H and O–H groups in total. The van der Waals surface area contributed by atoms with Gasteiger partial charge in [-0.3, -0.25) is 0 Å². The Morgan fingerprint density at radius 3 is 2.10 bits per heavy atom. The molecule has 1 nitrogen and oxygen atoms in total. The van der Waals surface area contributed by atoms with Crippen LogP contribution in [0.4, 0.5) is 13.2 Å². The molecule has 2 aromatic carbocycles. The van der Waals surface area contributed by atoms with Crippen LogP contribution in [0.2, 0.25) is 0 Å². The molecule has 0 amide bonds. The lowest BCUT2D eigenvalue weighted by atomic mass is 10.1. The van der Waals surface area contributed by atoms with E-state index >= 15 is 0 Å². The molecule has 0 atom stereocenters. The predicted octanol–water partition coefficient (Wildman–Crippen LogP) is 5.27. The number of halogens is 3.